The minimum atomic E-state index is -0.231. The van der Waals surface area contributed by atoms with Gasteiger partial charge in [0.25, 0.3) is 5.91 Å². The highest BCUT2D eigenvalue weighted by Crippen LogP contribution is 2.44. The summed E-state index contributed by atoms with van der Waals surface area (Å²) in [5.41, 5.74) is 5.49. The quantitative estimate of drug-likeness (QED) is 0.199. The van der Waals surface area contributed by atoms with E-state index in [1.807, 2.05) is 42.5 Å². The smallest absolute Gasteiger partial charge is 0.263 e. The number of methoxy groups -OCH3 is 2. The SMILES string of the molecule is COc1cc2c(-c3ccc(-c4ccccc4)cc3)ccc(N(C)C(=O)c3c(Br)ccc4c3OCO4)c2cc1OC. The molecule has 0 saturated carbocycles. The molecule has 7 heteroatoms. The zero-order chi connectivity index (χ0) is 27.8. The third-order valence-electron chi connectivity index (χ3n) is 7.17. The summed E-state index contributed by atoms with van der Waals surface area (Å²) in [5, 5.41) is 1.78. The Labute approximate surface area is 240 Å². The second-order valence-corrected chi connectivity index (χ2v) is 10.2. The van der Waals surface area contributed by atoms with E-state index in [1.165, 1.54) is 0 Å². The molecule has 200 valence electrons. The Kier molecular flexibility index (Phi) is 6.82. The normalized spacial score (nSPS) is 11.9. The number of rotatable bonds is 6. The van der Waals surface area contributed by atoms with Crippen molar-refractivity contribution in [1.29, 1.82) is 0 Å². The largest absolute Gasteiger partial charge is 0.493 e. The first-order valence-electron chi connectivity index (χ1n) is 12.7. The van der Waals surface area contributed by atoms with Gasteiger partial charge in [0.2, 0.25) is 6.79 Å². The number of ether oxygens (including phenoxy) is 4. The van der Waals surface area contributed by atoms with Gasteiger partial charge in [-0.2, -0.15) is 0 Å². The molecule has 0 bridgehead atoms. The maximum atomic E-state index is 13.9. The summed E-state index contributed by atoms with van der Waals surface area (Å²) in [6, 6.07) is 30.2. The lowest BCUT2D eigenvalue weighted by molar-refractivity contribution is 0.0987. The molecule has 0 atom stereocenters. The molecule has 5 aromatic rings. The van der Waals surface area contributed by atoms with Crippen LogP contribution in [0.3, 0.4) is 0 Å². The Morgan fingerprint density at radius 1 is 0.775 bits per heavy atom. The van der Waals surface area contributed by atoms with Crippen molar-refractivity contribution in [3.8, 4) is 45.3 Å². The van der Waals surface area contributed by atoms with Crippen molar-refractivity contribution in [2.24, 2.45) is 0 Å². The van der Waals surface area contributed by atoms with E-state index in [-0.39, 0.29) is 12.7 Å². The first-order valence-corrected chi connectivity index (χ1v) is 13.5. The van der Waals surface area contributed by atoms with Gasteiger partial charge in [-0.3, -0.25) is 4.79 Å². The molecular formula is C33H26BrNO5. The third kappa shape index (κ3) is 4.42. The Hall–Kier alpha value is -4.49. The summed E-state index contributed by atoms with van der Waals surface area (Å²) in [6.45, 7) is 0.0768. The molecule has 0 saturated heterocycles. The van der Waals surface area contributed by atoms with Crippen LogP contribution in [0.5, 0.6) is 23.0 Å². The number of hydrogen-bond donors (Lipinski definition) is 0. The second-order valence-electron chi connectivity index (χ2n) is 9.35. The fourth-order valence-corrected chi connectivity index (χ4v) is 5.58. The molecule has 1 aliphatic rings. The van der Waals surface area contributed by atoms with Gasteiger partial charge >= 0.3 is 0 Å². The zero-order valence-electron chi connectivity index (χ0n) is 22.2. The van der Waals surface area contributed by atoms with Crippen molar-refractivity contribution >= 4 is 38.3 Å². The molecule has 0 aliphatic carbocycles. The molecule has 6 rings (SSSR count). The molecule has 1 heterocycles. The molecule has 40 heavy (non-hydrogen) atoms. The van der Waals surface area contributed by atoms with E-state index in [0.29, 0.717) is 38.7 Å². The van der Waals surface area contributed by atoms with Gasteiger partial charge in [-0.1, -0.05) is 60.7 Å². The van der Waals surface area contributed by atoms with Gasteiger partial charge < -0.3 is 23.8 Å². The van der Waals surface area contributed by atoms with Gasteiger partial charge in [-0.05, 0) is 73.9 Å². The van der Waals surface area contributed by atoms with Crippen LogP contribution in [0, 0.1) is 0 Å². The molecule has 0 N–H and O–H groups in total. The van der Waals surface area contributed by atoms with Crippen LogP contribution in [0.15, 0.2) is 95.5 Å². The highest BCUT2D eigenvalue weighted by molar-refractivity contribution is 9.10. The Morgan fingerprint density at radius 2 is 1.43 bits per heavy atom. The molecule has 0 spiro atoms. The van der Waals surface area contributed by atoms with E-state index >= 15 is 0 Å². The highest BCUT2D eigenvalue weighted by Gasteiger charge is 2.28. The number of hydrogen-bond acceptors (Lipinski definition) is 5. The Morgan fingerprint density at radius 3 is 2.12 bits per heavy atom. The molecule has 0 fully saturated rings. The number of amides is 1. The minimum Gasteiger partial charge on any atom is -0.493 e. The van der Waals surface area contributed by atoms with Crippen molar-refractivity contribution in [2.45, 2.75) is 0 Å². The van der Waals surface area contributed by atoms with Gasteiger partial charge in [0.1, 0.15) is 5.56 Å². The number of anilines is 1. The van der Waals surface area contributed by atoms with Crippen molar-refractivity contribution in [1.82, 2.24) is 0 Å². The van der Waals surface area contributed by atoms with Crippen LogP contribution in [0.1, 0.15) is 10.4 Å². The van der Waals surface area contributed by atoms with E-state index in [4.69, 9.17) is 18.9 Å². The van der Waals surface area contributed by atoms with Gasteiger partial charge in [0, 0.05) is 16.9 Å². The summed E-state index contributed by atoms with van der Waals surface area (Å²) in [5.74, 6) is 1.94. The summed E-state index contributed by atoms with van der Waals surface area (Å²) in [7, 11) is 4.98. The summed E-state index contributed by atoms with van der Waals surface area (Å²) in [4.78, 5) is 15.5. The number of benzene rings is 5. The molecule has 1 amide bonds. The molecule has 0 aromatic heterocycles. The number of carbonyl (C=O) groups excluding carboxylic acids is 1. The lowest BCUT2D eigenvalue weighted by Gasteiger charge is -2.23. The zero-order valence-corrected chi connectivity index (χ0v) is 23.8. The van der Waals surface area contributed by atoms with Crippen LogP contribution in [0.25, 0.3) is 33.0 Å². The van der Waals surface area contributed by atoms with Crippen LogP contribution in [0.4, 0.5) is 5.69 Å². The molecule has 1 aliphatic heterocycles. The fourth-order valence-electron chi connectivity index (χ4n) is 5.10. The Bertz CT molecular complexity index is 1730. The molecule has 0 radical (unpaired) electrons. The summed E-state index contributed by atoms with van der Waals surface area (Å²) < 4.78 is 23.1. The van der Waals surface area contributed by atoms with Gasteiger partial charge in [-0.25, -0.2) is 0 Å². The van der Waals surface area contributed by atoms with E-state index in [9.17, 15) is 4.79 Å². The van der Waals surface area contributed by atoms with E-state index in [1.54, 1.807) is 38.3 Å². The molecule has 0 unspecified atom stereocenters. The monoisotopic (exact) mass is 595 g/mol. The number of carbonyl (C=O) groups is 1. The van der Waals surface area contributed by atoms with Gasteiger partial charge in [0.05, 0.1) is 19.9 Å². The first-order chi connectivity index (χ1) is 19.5. The molecular weight excluding hydrogens is 570 g/mol. The predicted octanol–water partition coefficient (Wildman–Crippen LogP) is 7.96. The van der Waals surface area contributed by atoms with Crippen molar-refractivity contribution in [3.05, 3.63) is 101 Å². The van der Waals surface area contributed by atoms with E-state index in [0.717, 1.165) is 33.0 Å². The fraction of sp³-hybridized carbons (Fsp3) is 0.121. The number of nitrogens with zero attached hydrogens (tertiary/aromatic N) is 1. The van der Waals surface area contributed by atoms with Crippen LogP contribution in [0.2, 0.25) is 0 Å². The minimum absolute atomic E-state index is 0.0768. The average molecular weight is 596 g/mol. The van der Waals surface area contributed by atoms with Crippen molar-refractivity contribution in [3.63, 3.8) is 0 Å². The lowest BCUT2D eigenvalue weighted by Crippen LogP contribution is -2.27. The standard InChI is InChI=1S/C33H26BrNO5/c1-35(33(36)31-26(34)14-16-28-32(31)40-19-39-28)27-15-13-23(24-17-29(37-2)30(38-3)18-25(24)27)22-11-9-21(10-12-22)20-7-5-4-6-8-20/h4-18H,19H2,1-3H3. The predicted molar refractivity (Wildman–Crippen MR) is 161 cm³/mol. The summed E-state index contributed by atoms with van der Waals surface area (Å²) >= 11 is 3.53. The third-order valence-corrected chi connectivity index (χ3v) is 7.83. The van der Waals surface area contributed by atoms with Crippen molar-refractivity contribution in [2.75, 3.05) is 33.0 Å². The second kappa shape index (κ2) is 10.6. The van der Waals surface area contributed by atoms with E-state index in [2.05, 4.69) is 52.3 Å². The van der Waals surface area contributed by atoms with Crippen LogP contribution in [-0.2, 0) is 0 Å². The van der Waals surface area contributed by atoms with E-state index < -0.39 is 0 Å². The topological polar surface area (TPSA) is 57.2 Å². The Balaban J connectivity index is 1.48. The lowest BCUT2D eigenvalue weighted by atomic mass is 9.94. The highest BCUT2D eigenvalue weighted by atomic mass is 79.9. The van der Waals surface area contributed by atoms with Crippen molar-refractivity contribution < 1.29 is 23.7 Å². The van der Waals surface area contributed by atoms with Crippen LogP contribution >= 0.6 is 15.9 Å². The first kappa shape index (κ1) is 25.8. The molecule has 6 nitrogen and oxygen atoms in total. The van der Waals surface area contributed by atoms with Crippen LogP contribution in [-0.4, -0.2) is 34.0 Å². The van der Waals surface area contributed by atoms with Crippen LogP contribution < -0.4 is 23.8 Å². The average Bonchev–Trinajstić information content (AvgIpc) is 3.48. The number of fused-ring (bicyclic) bond motifs is 2. The molecule has 5 aromatic carbocycles. The summed E-state index contributed by atoms with van der Waals surface area (Å²) in [6.07, 6.45) is 0. The number of halogens is 1. The maximum Gasteiger partial charge on any atom is 0.263 e. The van der Waals surface area contributed by atoms with Gasteiger partial charge in [-0.15, -0.1) is 0 Å². The van der Waals surface area contributed by atoms with Gasteiger partial charge in [0.15, 0.2) is 23.0 Å². The maximum absolute atomic E-state index is 13.9.